The molecule has 40 heavy (non-hydrogen) atoms. The molecule has 0 fully saturated rings. The molecule has 1 N–H and O–H groups in total. The summed E-state index contributed by atoms with van der Waals surface area (Å²) in [6.07, 6.45) is 4.12. The SMILES string of the molecule is CC.CC.CC(C)(C)c1cc2ccccc2[nH]1.CC(C)(C)c1ccccc1.CC(C)(C)c1cn2ccccc2n1. The molecule has 0 aliphatic carbocycles. The first kappa shape index (κ1) is 34.7. The van der Waals surface area contributed by atoms with Gasteiger partial charge in [-0.05, 0) is 40.6 Å². The number of benzene rings is 2. The van der Waals surface area contributed by atoms with Crippen LogP contribution in [0.25, 0.3) is 16.6 Å². The third-order valence-corrected chi connectivity index (χ3v) is 6.11. The highest BCUT2D eigenvalue weighted by molar-refractivity contribution is 5.80. The Morgan fingerprint density at radius 2 is 1.15 bits per heavy atom. The number of fused-ring (bicyclic) bond motifs is 2. The van der Waals surface area contributed by atoms with E-state index in [9.17, 15) is 0 Å². The van der Waals surface area contributed by atoms with E-state index in [0.29, 0.717) is 5.41 Å². The highest BCUT2D eigenvalue weighted by atomic mass is 15.0. The normalized spacial score (nSPS) is 11.1. The standard InChI is InChI=1S/C12H15N.C11H14N2.C10H14.2C2H6/c1-12(2,3)11-8-9-6-4-5-7-10(9)13-11;1-11(2,3)9-8-13-7-5-4-6-10(13)12-9;1-10(2,3)9-7-5-4-6-8-9;2*1-2/h4-8,13H,1-3H3;4-8H,1-3H3;4-8H,1-3H3;2*1-2H3. The number of nitrogens with zero attached hydrogens (tertiary/aromatic N) is 2. The Bertz CT molecular complexity index is 1220. The number of H-pyrrole nitrogens is 1. The predicted molar refractivity (Wildman–Crippen MR) is 179 cm³/mol. The largest absolute Gasteiger partial charge is 0.358 e. The maximum Gasteiger partial charge on any atom is 0.136 e. The van der Waals surface area contributed by atoms with E-state index >= 15 is 0 Å². The van der Waals surface area contributed by atoms with Gasteiger partial charge in [0, 0.05) is 34.4 Å². The van der Waals surface area contributed by atoms with Crippen LogP contribution in [-0.2, 0) is 16.2 Å². The first-order valence-corrected chi connectivity index (χ1v) is 14.8. The van der Waals surface area contributed by atoms with Crippen molar-refractivity contribution in [1.29, 1.82) is 0 Å². The second-order valence-corrected chi connectivity index (χ2v) is 12.5. The molecule has 0 atom stereocenters. The van der Waals surface area contributed by atoms with E-state index in [1.165, 1.54) is 22.2 Å². The smallest absolute Gasteiger partial charge is 0.136 e. The van der Waals surface area contributed by atoms with Gasteiger partial charge < -0.3 is 9.38 Å². The average molecular weight is 542 g/mol. The van der Waals surface area contributed by atoms with Crippen LogP contribution in [0.5, 0.6) is 0 Å². The fourth-order valence-electron chi connectivity index (χ4n) is 3.71. The number of rotatable bonds is 0. The monoisotopic (exact) mass is 541 g/mol. The molecular formula is C37H55N3. The van der Waals surface area contributed by atoms with Crippen LogP contribution in [0.15, 0.2) is 91.3 Å². The summed E-state index contributed by atoms with van der Waals surface area (Å²) in [6, 6.07) is 27.2. The van der Waals surface area contributed by atoms with Crippen molar-refractivity contribution >= 4 is 16.6 Å². The zero-order valence-corrected chi connectivity index (χ0v) is 27.6. The lowest BCUT2D eigenvalue weighted by Gasteiger charge is -2.18. The fourth-order valence-corrected chi connectivity index (χ4v) is 3.71. The molecule has 0 saturated heterocycles. The minimum atomic E-state index is 0.131. The van der Waals surface area contributed by atoms with Crippen molar-refractivity contribution in [1.82, 2.24) is 14.4 Å². The molecule has 0 spiro atoms. The molecule has 3 aromatic heterocycles. The zero-order valence-electron chi connectivity index (χ0n) is 27.6. The van der Waals surface area contributed by atoms with Crippen LogP contribution in [-0.4, -0.2) is 14.4 Å². The van der Waals surface area contributed by atoms with E-state index in [4.69, 9.17) is 0 Å². The summed E-state index contributed by atoms with van der Waals surface area (Å²) >= 11 is 0. The molecule has 0 amide bonds. The Balaban J connectivity index is 0.000000285. The molecule has 5 aromatic rings. The average Bonchev–Trinajstić information content (AvgIpc) is 3.57. The number of aromatic nitrogens is 3. The minimum Gasteiger partial charge on any atom is -0.358 e. The molecule has 0 unspecified atom stereocenters. The molecule has 3 heterocycles. The number of aromatic amines is 1. The lowest BCUT2D eigenvalue weighted by atomic mass is 9.87. The second kappa shape index (κ2) is 15.5. The summed E-state index contributed by atoms with van der Waals surface area (Å²) in [5.74, 6) is 0. The molecule has 0 aliphatic rings. The van der Waals surface area contributed by atoms with Crippen molar-refractivity contribution in [2.75, 3.05) is 0 Å². The van der Waals surface area contributed by atoms with Crippen LogP contribution in [0.1, 0.15) is 107 Å². The van der Waals surface area contributed by atoms with Crippen molar-refractivity contribution in [2.45, 2.75) is 106 Å². The molecule has 0 bridgehead atoms. The molecule has 218 valence electrons. The van der Waals surface area contributed by atoms with Gasteiger partial charge in [0.05, 0.1) is 5.69 Å². The third-order valence-electron chi connectivity index (χ3n) is 6.11. The third kappa shape index (κ3) is 10.7. The second-order valence-electron chi connectivity index (χ2n) is 12.5. The maximum absolute atomic E-state index is 4.55. The van der Waals surface area contributed by atoms with Crippen LogP contribution in [0.4, 0.5) is 0 Å². The Morgan fingerprint density at radius 1 is 0.600 bits per heavy atom. The molecule has 0 aliphatic heterocycles. The van der Waals surface area contributed by atoms with Gasteiger partial charge in [-0.1, -0.05) is 145 Å². The summed E-state index contributed by atoms with van der Waals surface area (Å²) in [5.41, 5.74) is 6.72. The van der Waals surface area contributed by atoms with Gasteiger partial charge in [0.25, 0.3) is 0 Å². The number of para-hydroxylation sites is 1. The van der Waals surface area contributed by atoms with Gasteiger partial charge in [0.15, 0.2) is 0 Å². The van der Waals surface area contributed by atoms with Gasteiger partial charge in [-0.25, -0.2) is 4.98 Å². The van der Waals surface area contributed by atoms with Crippen LogP contribution in [0, 0.1) is 0 Å². The Hall–Kier alpha value is -3.33. The number of pyridine rings is 1. The number of hydrogen-bond donors (Lipinski definition) is 1. The maximum atomic E-state index is 4.55. The van der Waals surface area contributed by atoms with E-state index in [1.807, 2.05) is 52.1 Å². The van der Waals surface area contributed by atoms with Crippen molar-refractivity contribution in [3.63, 3.8) is 0 Å². The minimum absolute atomic E-state index is 0.131. The first-order chi connectivity index (χ1) is 18.7. The van der Waals surface area contributed by atoms with Gasteiger partial charge in [-0.2, -0.15) is 0 Å². The number of nitrogens with one attached hydrogen (secondary N) is 1. The highest BCUT2D eigenvalue weighted by Gasteiger charge is 2.17. The van der Waals surface area contributed by atoms with Gasteiger partial charge in [-0.15, -0.1) is 0 Å². The molecule has 0 saturated carbocycles. The van der Waals surface area contributed by atoms with E-state index in [0.717, 1.165) is 11.3 Å². The van der Waals surface area contributed by atoms with Gasteiger partial charge in [0.1, 0.15) is 5.65 Å². The lowest BCUT2D eigenvalue weighted by Crippen LogP contribution is -2.11. The highest BCUT2D eigenvalue weighted by Crippen LogP contribution is 2.25. The quantitative estimate of drug-likeness (QED) is 0.208. The van der Waals surface area contributed by atoms with Gasteiger partial charge in [0.2, 0.25) is 0 Å². The summed E-state index contributed by atoms with van der Waals surface area (Å²) in [4.78, 5) is 7.98. The molecule has 2 aromatic carbocycles. The van der Waals surface area contributed by atoms with Crippen molar-refractivity contribution in [3.05, 3.63) is 108 Å². The van der Waals surface area contributed by atoms with Gasteiger partial charge >= 0.3 is 0 Å². The molecule has 3 heteroatoms. The van der Waals surface area contributed by atoms with Crippen LogP contribution >= 0.6 is 0 Å². The number of hydrogen-bond acceptors (Lipinski definition) is 1. The Morgan fingerprint density at radius 3 is 1.62 bits per heavy atom. The first-order valence-electron chi connectivity index (χ1n) is 14.8. The zero-order chi connectivity index (χ0) is 30.6. The molecule has 0 radical (unpaired) electrons. The lowest BCUT2D eigenvalue weighted by molar-refractivity contribution is 0.573. The summed E-state index contributed by atoms with van der Waals surface area (Å²) < 4.78 is 2.06. The molecular weight excluding hydrogens is 486 g/mol. The van der Waals surface area contributed by atoms with Crippen molar-refractivity contribution in [3.8, 4) is 0 Å². The van der Waals surface area contributed by atoms with E-state index in [1.54, 1.807) is 0 Å². The molecule has 5 rings (SSSR count). The molecule has 3 nitrogen and oxygen atoms in total. The fraction of sp³-hybridized carbons (Fsp3) is 0.432. The summed E-state index contributed by atoms with van der Waals surface area (Å²) in [5, 5.41) is 1.30. The van der Waals surface area contributed by atoms with Crippen LogP contribution in [0.3, 0.4) is 0 Å². The van der Waals surface area contributed by atoms with Gasteiger partial charge in [-0.3, -0.25) is 0 Å². The summed E-state index contributed by atoms with van der Waals surface area (Å²) in [7, 11) is 0. The van der Waals surface area contributed by atoms with Crippen molar-refractivity contribution in [2.24, 2.45) is 0 Å². The summed E-state index contributed by atoms with van der Waals surface area (Å²) in [6.45, 7) is 27.9. The van der Waals surface area contributed by atoms with Crippen LogP contribution in [0.2, 0.25) is 0 Å². The number of imidazole rings is 1. The Labute approximate surface area is 245 Å². The van der Waals surface area contributed by atoms with E-state index < -0.39 is 0 Å². The Kier molecular flexibility index (Phi) is 13.4. The van der Waals surface area contributed by atoms with E-state index in [2.05, 4.69) is 144 Å². The topological polar surface area (TPSA) is 33.1 Å². The predicted octanol–water partition coefficient (Wildman–Crippen LogP) is 11.1. The van der Waals surface area contributed by atoms with E-state index in [-0.39, 0.29) is 10.8 Å². The van der Waals surface area contributed by atoms with Crippen molar-refractivity contribution < 1.29 is 0 Å². The van der Waals surface area contributed by atoms with Crippen LogP contribution < -0.4 is 0 Å².